The van der Waals surface area contributed by atoms with E-state index in [9.17, 15) is 18.8 Å². The van der Waals surface area contributed by atoms with Gasteiger partial charge in [-0.05, 0) is 49.4 Å². The molecule has 2 aromatic heterocycles. The number of anilines is 3. The Bertz CT molecular complexity index is 1590. The Hall–Kier alpha value is -4.77. The maximum atomic E-state index is 15.6. The van der Waals surface area contributed by atoms with Crippen molar-refractivity contribution in [3.8, 4) is 17.2 Å². The molecular formula is C27H21ClF2N4O5. The highest BCUT2D eigenvalue weighted by Gasteiger charge is 2.29. The van der Waals surface area contributed by atoms with Crippen molar-refractivity contribution in [2.75, 3.05) is 16.8 Å². The third-order valence-corrected chi connectivity index (χ3v) is 5.53. The van der Waals surface area contributed by atoms with E-state index in [1.54, 1.807) is 6.92 Å². The molecule has 2 N–H and O–H groups in total. The van der Waals surface area contributed by atoms with Crippen LogP contribution in [0.25, 0.3) is 0 Å². The van der Waals surface area contributed by atoms with E-state index >= 15 is 4.39 Å². The van der Waals surface area contributed by atoms with Crippen LogP contribution in [-0.2, 0) is 4.79 Å². The fourth-order valence-corrected chi connectivity index (χ4v) is 3.82. The highest BCUT2D eigenvalue weighted by Crippen LogP contribution is 2.39. The van der Waals surface area contributed by atoms with Gasteiger partial charge in [-0.2, -0.15) is 0 Å². The van der Waals surface area contributed by atoms with E-state index in [-0.39, 0.29) is 57.5 Å². The zero-order valence-electron chi connectivity index (χ0n) is 20.6. The number of aromatic nitrogens is 2. The molecule has 9 nitrogen and oxygen atoms in total. The van der Waals surface area contributed by atoms with Crippen LogP contribution in [0, 0.1) is 11.6 Å². The first-order valence-corrected chi connectivity index (χ1v) is 11.9. The number of benzene rings is 2. The molecule has 4 rings (SSSR count). The van der Waals surface area contributed by atoms with Crippen LogP contribution in [0.3, 0.4) is 0 Å². The van der Waals surface area contributed by atoms with E-state index in [4.69, 9.17) is 21.1 Å². The largest absolute Gasteiger partial charge is 0.493 e. The summed E-state index contributed by atoms with van der Waals surface area (Å²) in [7, 11) is 0. The number of aromatic amines is 1. The van der Waals surface area contributed by atoms with Crippen LogP contribution >= 0.6 is 11.6 Å². The van der Waals surface area contributed by atoms with E-state index in [1.165, 1.54) is 49.6 Å². The van der Waals surface area contributed by atoms with Gasteiger partial charge >= 0.3 is 0 Å². The molecule has 4 aromatic rings. The summed E-state index contributed by atoms with van der Waals surface area (Å²) >= 11 is 6.43. The van der Waals surface area contributed by atoms with Crippen LogP contribution in [0.15, 0.2) is 71.8 Å². The van der Waals surface area contributed by atoms with Crippen molar-refractivity contribution in [2.24, 2.45) is 0 Å². The highest BCUT2D eigenvalue weighted by molar-refractivity contribution is 6.32. The average Bonchev–Trinajstić information content (AvgIpc) is 2.88. The van der Waals surface area contributed by atoms with Crippen molar-refractivity contribution in [2.45, 2.75) is 13.8 Å². The first-order chi connectivity index (χ1) is 18.7. The standard InChI is InChI=1S/C27H21ClF2N4O5/c1-3-38-22-9-11-32-26(36)25(22)27(37)34(17-6-4-16(29)5-7-17)21-13-19(28)23(14-20(21)30)39-18-8-10-31-24(12-18)33-15(2)35/h4-14H,3H2,1-2H3,(H,32,36)(H,31,33,35). The number of hydrogen-bond donors (Lipinski definition) is 2. The molecule has 0 saturated carbocycles. The number of H-pyrrole nitrogens is 1. The fourth-order valence-electron chi connectivity index (χ4n) is 3.62. The van der Waals surface area contributed by atoms with Crippen LogP contribution < -0.4 is 25.2 Å². The number of rotatable bonds is 8. The van der Waals surface area contributed by atoms with Crippen molar-refractivity contribution >= 4 is 40.6 Å². The Labute approximate surface area is 226 Å². The van der Waals surface area contributed by atoms with Gasteiger partial charge in [-0.1, -0.05) is 11.6 Å². The van der Waals surface area contributed by atoms with E-state index in [0.717, 1.165) is 29.2 Å². The molecule has 2 heterocycles. The van der Waals surface area contributed by atoms with E-state index in [0.29, 0.717) is 0 Å². The minimum absolute atomic E-state index is 0.0162. The lowest BCUT2D eigenvalue weighted by Gasteiger charge is -2.25. The molecule has 0 unspecified atom stereocenters. The Morgan fingerprint density at radius 3 is 2.51 bits per heavy atom. The molecule has 0 fully saturated rings. The van der Waals surface area contributed by atoms with Gasteiger partial charge in [0.25, 0.3) is 11.5 Å². The van der Waals surface area contributed by atoms with Gasteiger partial charge in [0.1, 0.15) is 34.4 Å². The molecule has 0 aliphatic rings. The molecule has 0 atom stereocenters. The topological polar surface area (TPSA) is 114 Å². The number of nitrogens with one attached hydrogen (secondary N) is 2. The summed E-state index contributed by atoms with van der Waals surface area (Å²) in [5.74, 6) is -2.51. The lowest BCUT2D eigenvalue weighted by molar-refractivity contribution is -0.114. The van der Waals surface area contributed by atoms with Crippen molar-refractivity contribution in [3.63, 3.8) is 0 Å². The molecule has 0 bridgehead atoms. The van der Waals surface area contributed by atoms with E-state index in [2.05, 4.69) is 15.3 Å². The molecular weight excluding hydrogens is 534 g/mol. The zero-order chi connectivity index (χ0) is 28.1. The second kappa shape index (κ2) is 11.7. The van der Waals surface area contributed by atoms with Gasteiger partial charge in [0.15, 0.2) is 5.82 Å². The minimum atomic E-state index is -0.940. The molecule has 0 aliphatic heterocycles. The molecule has 200 valence electrons. The Morgan fingerprint density at radius 1 is 1.08 bits per heavy atom. The molecule has 0 radical (unpaired) electrons. The third kappa shape index (κ3) is 6.21. The number of ether oxygens (including phenoxy) is 2. The molecule has 2 aromatic carbocycles. The summed E-state index contributed by atoms with van der Waals surface area (Å²) in [5, 5.41) is 2.42. The van der Waals surface area contributed by atoms with Crippen LogP contribution in [0.5, 0.6) is 17.2 Å². The van der Waals surface area contributed by atoms with Crippen LogP contribution in [0.4, 0.5) is 26.0 Å². The quantitative estimate of drug-likeness (QED) is 0.283. The SMILES string of the molecule is CCOc1cc[nH]c(=O)c1C(=O)N(c1ccc(F)cc1)c1cc(Cl)c(Oc2ccnc(NC(C)=O)c2)cc1F. The number of amides is 2. The molecule has 0 aliphatic carbocycles. The number of hydrogen-bond acceptors (Lipinski definition) is 6. The lowest BCUT2D eigenvalue weighted by atomic mass is 10.1. The van der Waals surface area contributed by atoms with Crippen LogP contribution in [-0.4, -0.2) is 28.4 Å². The average molecular weight is 555 g/mol. The summed E-state index contributed by atoms with van der Waals surface area (Å²) in [5.41, 5.74) is -1.42. The van der Waals surface area contributed by atoms with Gasteiger partial charge in [0.05, 0.1) is 17.3 Å². The summed E-state index contributed by atoms with van der Waals surface area (Å²) in [4.78, 5) is 45.0. The number of carbonyl (C=O) groups is 2. The molecule has 39 heavy (non-hydrogen) atoms. The fraction of sp³-hybridized carbons (Fsp3) is 0.111. The Kier molecular flexibility index (Phi) is 8.21. The summed E-state index contributed by atoms with van der Waals surface area (Å²) < 4.78 is 40.5. The summed E-state index contributed by atoms with van der Waals surface area (Å²) in [6, 6.07) is 11.0. The normalized spacial score (nSPS) is 10.6. The highest BCUT2D eigenvalue weighted by atomic mass is 35.5. The summed E-state index contributed by atoms with van der Waals surface area (Å²) in [6.45, 7) is 3.15. The van der Waals surface area contributed by atoms with Gasteiger partial charge in [-0.15, -0.1) is 0 Å². The van der Waals surface area contributed by atoms with Crippen molar-refractivity contribution in [3.05, 3.63) is 99.6 Å². The maximum Gasteiger partial charge on any atom is 0.272 e. The van der Waals surface area contributed by atoms with Crippen LogP contribution in [0.1, 0.15) is 24.2 Å². The second-order valence-electron chi connectivity index (χ2n) is 7.99. The number of pyridine rings is 2. The van der Waals surface area contributed by atoms with E-state index in [1.807, 2.05) is 0 Å². The van der Waals surface area contributed by atoms with Gasteiger partial charge in [0, 0.05) is 37.1 Å². The number of carbonyl (C=O) groups excluding carboxylic acids is 2. The maximum absolute atomic E-state index is 15.6. The van der Waals surface area contributed by atoms with Gasteiger partial charge in [-0.3, -0.25) is 19.3 Å². The van der Waals surface area contributed by atoms with E-state index < -0.39 is 23.1 Å². The van der Waals surface area contributed by atoms with Crippen molar-refractivity contribution in [1.29, 1.82) is 0 Å². The number of nitrogens with zero attached hydrogens (tertiary/aromatic N) is 2. The zero-order valence-corrected chi connectivity index (χ0v) is 21.4. The van der Waals surface area contributed by atoms with Gasteiger partial charge in [0.2, 0.25) is 5.91 Å². The predicted octanol–water partition coefficient (Wildman–Crippen LogP) is 5.83. The first kappa shape index (κ1) is 27.3. The smallest absolute Gasteiger partial charge is 0.272 e. The second-order valence-corrected chi connectivity index (χ2v) is 8.40. The Morgan fingerprint density at radius 2 is 1.82 bits per heavy atom. The molecule has 0 saturated heterocycles. The van der Waals surface area contributed by atoms with Crippen molar-refractivity contribution < 1.29 is 27.8 Å². The van der Waals surface area contributed by atoms with Crippen molar-refractivity contribution in [1.82, 2.24) is 9.97 Å². The number of halogens is 3. The third-order valence-electron chi connectivity index (χ3n) is 5.23. The molecule has 0 spiro atoms. The predicted molar refractivity (Wildman–Crippen MR) is 141 cm³/mol. The minimum Gasteiger partial charge on any atom is -0.493 e. The molecule has 12 heteroatoms. The monoisotopic (exact) mass is 554 g/mol. The first-order valence-electron chi connectivity index (χ1n) is 11.5. The van der Waals surface area contributed by atoms with Gasteiger partial charge in [-0.25, -0.2) is 13.8 Å². The van der Waals surface area contributed by atoms with Crippen LogP contribution in [0.2, 0.25) is 5.02 Å². The summed E-state index contributed by atoms with van der Waals surface area (Å²) in [6.07, 6.45) is 2.69. The lowest BCUT2D eigenvalue weighted by Crippen LogP contribution is -2.32. The Balaban J connectivity index is 1.79. The van der Waals surface area contributed by atoms with Gasteiger partial charge < -0.3 is 19.8 Å². The molecule has 2 amide bonds.